The molecule has 2 N–H and O–H groups in total. The van der Waals surface area contributed by atoms with E-state index in [0.29, 0.717) is 5.82 Å². The zero-order chi connectivity index (χ0) is 15.6. The summed E-state index contributed by atoms with van der Waals surface area (Å²) in [7, 11) is 2.03. The van der Waals surface area contributed by atoms with Gasteiger partial charge in [0.1, 0.15) is 17.5 Å². The fourth-order valence-corrected chi connectivity index (χ4v) is 2.50. The summed E-state index contributed by atoms with van der Waals surface area (Å²) in [4.78, 5) is 11.2. The third-order valence-electron chi connectivity index (χ3n) is 3.59. The Kier molecular flexibility index (Phi) is 4.46. The molecule has 4 heteroatoms. The van der Waals surface area contributed by atoms with Gasteiger partial charge in [-0.3, -0.25) is 0 Å². The van der Waals surface area contributed by atoms with Crippen molar-refractivity contribution in [2.24, 2.45) is 0 Å². The minimum atomic E-state index is 0.569. The summed E-state index contributed by atoms with van der Waals surface area (Å²) in [5, 5.41) is 0. The van der Waals surface area contributed by atoms with E-state index in [1.165, 1.54) is 11.1 Å². The zero-order valence-electron chi connectivity index (χ0n) is 13.6. The van der Waals surface area contributed by atoms with E-state index in [2.05, 4.69) is 48.9 Å². The van der Waals surface area contributed by atoms with Crippen molar-refractivity contribution in [3.05, 3.63) is 40.7 Å². The molecular formula is C17H24N4. The van der Waals surface area contributed by atoms with E-state index in [1.54, 1.807) is 0 Å². The van der Waals surface area contributed by atoms with Gasteiger partial charge >= 0.3 is 0 Å². The average molecular weight is 284 g/mol. The van der Waals surface area contributed by atoms with Gasteiger partial charge in [0.15, 0.2) is 0 Å². The lowest BCUT2D eigenvalue weighted by Gasteiger charge is -2.22. The second kappa shape index (κ2) is 6.12. The minimum Gasteiger partial charge on any atom is -0.383 e. The molecule has 4 nitrogen and oxygen atoms in total. The largest absolute Gasteiger partial charge is 0.383 e. The summed E-state index contributed by atoms with van der Waals surface area (Å²) in [5.41, 5.74) is 10.6. The SMILES string of the molecule is CCCc1nc(N)c(C)c(N(C)c2cc(C)cc(C)c2)n1. The van der Waals surface area contributed by atoms with Crippen molar-refractivity contribution < 1.29 is 0 Å². The molecule has 0 saturated carbocycles. The summed E-state index contributed by atoms with van der Waals surface area (Å²) in [5.74, 6) is 2.27. The zero-order valence-corrected chi connectivity index (χ0v) is 13.6. The van der Waals surface area contributed by atoms with Crippen LogP contribution in [0.3, 0.4) is 0 Å². The molecule has 1 aromatic heterocycles. The second-order valence-corrected chi connectivity index (χ2v) is 5.63. The first-order valence-corrected chi connectivity index (χ1v) is 7.37. The third kappa shape index (κ3) is 3.32. The molecule has 0 spiro atoms. The van der Waals surface area contributed by atoms with Gasteiger partial charge in [-0.2, -0.15) is 0 Å². The maximum Gasteiger partial charge on any atom is 0.141 e. The molecule has 0 aliphatic rings. The van der Waals surface area contributed by atoms with Gasteiger partial charge in [-0.25, -0.2) is 9.97 Å². The smallest absolute Gasteiger partial charge is 0.141 e. The molecule has 0 aliphatic heterocycles. The first-order valence-electron chi connectivity index (χ1n) is 7.37. The Hall–Kier alpha value is -2.10. The summed E-state index contributed by atoms with van der Waals surface area (Å²) in [6.07, 6.45) is 1.85. The molecule has 1 heterocycles. The Balaban J connectivity index is 2.48. The van der Waals surface area contributed by atoms with Crippen molar-refractivity contribution in [3.63, 3.8) is 0 Å². The van der Waals surface area contributed by atoms with Crippen LogP contribution in [0, 0.1) is 20.8 Å². The monoisotopic (exact) mass is 284 g/mol. The van der Waals surface area contributed by atoms with Crippen LogP contribution in [0.15, 0.2) is 18.2 Å². The molecule has 0 saturated heterocycles. The highest BCUT2D eigenvalue weighted by Crippen LogP contribution is 2.28. The lowest BCUT2D eigenvalue weighted by molar-refractivity contribution is 0.830. The van der Waals surface area contributed by atoms with Gasteiger partial charge in [0.2, 0.25) is 0 Å². The van der Waals surface area contributed by atoms with Gasteiger partial charge in [0.05, 0.1) is 0 Å². The fraction of sp³-hybridized carbons (Fsp3) is 0.412. The molecule has 21 heavy (non-hydrogen) atoms. The van der Waals surface area contributed by atoms with Crippen molar-refractivity contribution in [2.75, 3.05) is 17.7 Å². The van der Waals surface area contributed by atoms with Crippen molar-refractivity contribution >= 4 is 17.3 Å². The molecule has 0 amide bonds. The number of anilines is 3. The molecule has 0 unspecified atom stereocenters. The Labute approximate surface area is 127 Å². The number of benzene rings is 1. The topological polar surface area (TPSA) is 55.0 Å². The highest BCUT2D eigenvalue weighted by atomic mass is 15.2. The number of hydrogen-bond acceptors (Lipinski definition) is 4. The number of nitrogens with two attached hydrogens (primary N) is 1. The van der Waals surface area contributed by atoms with Crippen LogP contribution in [0.2, 0.25) is 0 Å². The number of rotatable bonds is 4. The van der Waals surface area contributed by atoms with Crippen molar-refractivity contribution in [3.8, 4) is 0 Å². The van der Waals surface area contributed by atoms with Crippen LogP contribution in [-0.4, -0.2) is 17.0 Å². The van der Waals surface area contributed by atoms with Crippen LogP contribution >= 0.6 is 0 Å². The van der Waals surface area contributed by atoms with Crippen LogP contribution in [0.1, 0.15) is 35.9 Å². The minimum absolute atomic E-state index is 0.569. The maximum atomic E-state index is 6.05. The molecule has 0 fully saturated rings. The number of hydrogen-bond donors (Lipinski definition) is 1. The standard InChI is InChI=1S/C17H24N4/c1-6-7-15-19-16(18)13(4)17(20-15)21(5)14-9-11(2)8-12(3)10-14/h8-10H,6-7H2,1-5H3,(H2,18,19,20). The molecule has 0 radical (unpaired) electrons. The van der Waals surface area contributed by atoms with E-state index >= 15 is 0 Å². The van der Waals surface area contributed by atoms with E-state index in [-0.39, 0.29) is 0 Å². The summed E-state index contributed by atoms with van der Waals surface area (Å²) in [6, 6.07) is 6.48. The number of aromatic nitrogens is 2. The molecular weight excluding hydrogens is 260 g/mol. The highest BCUT2D eigenvalue weighted by molar-refractivity contribution is 5.66. The maximum absolute atomic E-state index is 6.05. The van der Waals surface area contributed by atoms with Crippen molar-refractivity contribution in [1.82, 2.24) is 9.97 Å². The van der Waals surface area contributed by atoms with Gasteiger partial charge in [-0.1, -0.05) is 13.0 Å². The second-order valence-electron chi connectivity index (χ2n) is 5.63. The number of nitrogens with zero attached hydrogens (tertiary/aromatic N) is 3. The molecule has 0 aliphatic carbocycles. The van der Waals surface area contributed by atoms with E-state index in [9.17, 15) is 0 Å². The summed E-state index contributed by atoms with van der Waals surface area (Å²) in [6.45, 7) is 8.30. The number of nitrogen functional groups attached to an aromatic ring is 1. The van der Waals surface area contributed by atoms with Crippen LogP contribution < -0.4 is 10.6 Å². The molecule has 1 aromatic carbocycles. The van der Waals surface area contributed by atoms with E-state index < -0.39 is 0 Å². The van der Waals surface area contributed by atoms with Crippen LogP contribution in [-0.2, 0) is 6.42 Å². The van der Waals surface area contributed by atoms with Crippen molar-refractivity contribution in [1.29, 1.82) is 0 Å². The molecule has 2 rings (SSSR count). The molecule has 2 aromatic rings. The van der Waals surface area contributed by atoms with Crippen LogP contribution in [0.5, 0.6) is 0 Å². The number of aryl methyl sites for hydroxylation is 3. The first-order chi connectivity index (χ1) is 9.92. The lowest BCUT2D eigenvalue weighted by atomic mass is 10.1. The third-order valence-corrected chi connectivity index (χ3v) is 3.59. The lowest BCUT2D eigenvalue weighted by Crippen LogP contribution is -2.16. The Morgan fingerprint density at radius 3 is 2.24 bits per heavy atom. The van der Waals surface area contributed by atoms with Gasteiger partial charge < -0.3 is 10.6 Å². The first kappa shape index (κ1) is 15.3. The van der Waals surface area contributed by atoms with Gasteiger partial charge in [-0.15, -0.1) is 0 Å². The van der Waals surface area contributed by atoms with E-state index in [1.807, 2.05) is 14.0 Å². The van der Waals surface area contributed by atoms with E-state index in [4.69, 9.17) is 10.7 Å². The molecule has 0 bridgehead atoms. The molecule has 0 atom stereocenters. The molecule has 112 valence electrons. The highest BCUT2D eigenvalue weighted by Gasteiger charge is 2.14. The van der Waals surface area contributed by atoms with E-state index in [0.717, 1.165) is 35.7 Å². The average Bonchev–Trinajstić information content (AvgIpc) is 2.41. The van der Waals surface area contributed by atoms with Gasteiger partial charge in [0, 0.05) is 24.7 Å². The normalized spacial score (nSPS) is 10.7. The Morgan fingerprint density at radius 1 is 1.05 bits per heavy atom. The Bertz CT molecular complexity index is 629. The summed E-state index contributed by atoms with van der Waals surface area (Å²) >= 11 is 0. The Morgan fingerprint density at radius 2 is 1.67 bits per heavy atom. The quantitative estimate of drug-likeness (QED) is 0.930. The predicted octanol–water partition coefficient (Wildman–Crippen LogP) is 3.70. The van der Waals surface area contributed by atoms with Crippen LogP contribution in [0.4, 0.5) is 17.3 Å². The summed E-state index contributed by atoms with van der Waals surface area (Å²) < 4.78 is 0. The van der Waals surface area contributed by atoms with Gasteiger partial charge in [-0.05, 0) is 50.5 Å². The predicted molar refractivity (Wildman–Crippen MR) is 89.2 cm³/mol. The van der Waals surface area contributed by atoms with Crippen molar-refractivity contribution in [2.45, 2.75) is 40.5 Å². The van der Waals surface area contributed by atoms with Crippen LogP contribution in [0.25, 0.3) is 0 Å². The fourth-order valence-electron chi connectivity index (χ4n) is 2.50. The van der Waals surface area contributed by atoms with Gasteiger partial charge in [0.25, 0.3) is 0 Å².